The lowest BCUT2D eigenvalue weighted by Gasteiger charge is -2.09. The van der Waals surface area contributed by atoms with Crippen molar-refractivity contribution in [2.45, 2.75) is 12.6 Å². The minimum atomic E-state index is -4.53. The Kier molecular flexibility index (Phi) is 6.92. The van der Waals surface area contributed by atoms with E-state index in [4.69, 9.17) is 0 Å². The molecule has 0 aliphatic carbocycles. The van der Waals surface area contributed by atoms with Gasteiger partial charge in [0.1, 0.15) is 5.69 Å². The van der Waals surface area contributed by atoms with Crippen LogP contribution in [0.5, 0.6) is 0 Å². The molecule has 0 spiro atoms. The van der Waals surface area contributed by atoms with Crippen molar-refractivity contribution in [3.8, 4) is 0 Å². The quantitative estimate of drug-likeness (QED) is 0.701. The van der Waals surface area contributed by atoms with E-state index in [1.54, 1.807) is 0 Å². The zero-order valence-electron chi connectivity index (χ0n) is 14.8. The highest BCUT2D eigenvalue weighted by molar-refractivity contribution is 7.14. The maximum Gasteiger partial charge on any atom is 0.416 e. The van der Waals surface area contributed by atoms with Gasteiger partial charge in [-0.05, 0) is 45.3 Å². The third-order valence-electron chi connectivity index (χ3n) is 3.48. The second-order valence-electron chi connectivity index (χ2n) is 5.98. The van der Waals surface area contributed by atoms with Gasteiger partial charge in [-0.1, -0.05) is 6.07 Å². The Hall–Kier alpha value is -2.46. The maximum atomic E-state index is 12.7. The summed E-state index contributed by atoms with van der Waals surface area (Å²) in [4.78, 5) is 30.1. The Balaban J connectivity index is 1.95. The molecule has 2 aromatic rings. The average molecular weight is 400 g/mol. The van der Waals surface area contributed by atoms with E-state index < -0.39 is 17.6 Å². The number of hydrogen-bond acceptors (Lipinski definition) is 5. The zero-order valence-corrected chi connectivity index (χ0v) is 15.6. The number of alkyl halides is 3. The second kappa shape index (κ2) is 8.96. The molecule has 2 amide bonds. The van der Waals surface area contributed by atoms with Crippen molar-refractivity contribution in [3.63, 3.8) is 0 Å². The number of nitrogens with one attached hydrogen (secondary N) is 2. The Morgan fingerprint density at radius 3 is 2.63 bits per heavy atom. The van der Waals surface area contributed by atoms with Crippen molar-refractivity contribution in [2.75, 3.05) is 32.5 Å². The van der Waals surface area contributed by atoms with E-state index in [-0.39, 0.29) is 22.3 Å². The summed E-state index contributed by atoms with van der Waals surface area (Å²) < 4.78 is 38.2. The van der Waals surface area contributed by atoms with E-state index in [1.807, 2.05) is 19.0 Å². The van der Waals surface area contributed by atoms with Crippen LogP contribution in [0.2, 0.25) is 0 Å². The number of hydrogen-bond donors (Lipinski definition) is 2. The van der Waals surface area contributed by atoms with Crippen LogP contribution in [0.3, 0.4) is 0 Å². The third kappa shape index (κ3) is 6.33. The molecular formula is C17H19F3N4O2S. The Morgan fingerprint density at radius 1 is 1.22 bits per heavy atom. The molecule has 0 saturated heterocycles. The number of carbonyl (C=O) groups is 2. The van der Waals surface area contributed by atoms with Gasteiger partial charge in [-0.25, -0.2) is 4.98 Å². The van der Waals surface area contributed by atoms with Crippen LogP contribution >= 0.6 is 11.3 Å². The summed E-state index contributed by atoms with van der Waals surface area (Å²) in [5, 5.41) is 6.74. The molecule has 0 unspecified atom stereocenters. The predicted octanol–water partition coefficient (Wildman–Crippen LogP) is 3.10. The van der Waals surface area contributed by atoms with E-state index in [2.05, 4.69) is 15.6 Å². The monoisotopic (exact) mass is 400 g/mol. The van der Waals surface area contributed by atoms with Crippen molar-refractivity contribution in [2.24, 2.45) is 0 Å². The fourth-order valence-electron chi connectivity index (χ4n) is 2.13. The fraction of sp³-hybridized carbons (Fsp3) is 0.353. The van der Waals surface area contributed by atoms with Crippen LogP contribution in [0.15, 0.2) is 29.6 Å². The van der Waals surface area contributed by atoms with Gasteiger partial charge in [0.2, 0.25) is 0 Å². The van der Waals surface area contributed by atoms with Gasteiger partial charge in [-0.15, -0.1) is 11.3 Å². The van der Waals surface area contributed by atoms with Crippen molar-refractivity contribution in [3.05, 3.63) is 46.5 Å². The lowest BCUT2D eigenvalue weighted by molar-refractivity contribution is -0.137. The van der Waals surface area contributed by atoms with Crippen molar-refractivity contribution >= 4 is 28.3 Å². The standard InChI is InChI=1S/C17H19F3N4O2S/c1-24(2)8-4-7-21-15(26)13-10-27-16(22-13)23-14(25)11-5-3-6-12(9-11)17(18,19)20/h3,5-6,9-10H,4,7-8H2,1-2H3,(H,21,26)(H,22,23,25). The van der Waals surface area contributed by atoms with Crippen LogP contribution in [0.1, 0.15) is 32.8 Å². The van der Waals surface area contributed by atoms with Gasteiger partial charge in [0.15, 0.2) is 5.13 Å². The molecule has 27 heavy (non-hydrogen) atoms. The first-order valence-electron chi connectivity index (χ1n) is 8.04. The van der Waals surface area contributed by atoms with Gasteiger partial charge in [-0.2, -0.15) is 13.2 Å². The fourth-order valence-corrected chi connectivity index (χ4v) is 2.81. The molecule has 1 aromatic carbocycles. The predicted molar refractivity (Wildman–Crippen MR) is 97.0 cm³/mol. The summed E-state index contributed by atoms with van der Waals surface area (Å²) in [5.41, 5.74) is -0.911. The number of thiazole rings is 1. The molecule has 6 nitrogen and oxygen atoms in total. The minimum absolute atomic E-state index is 0.135. The molecule has 10 heteroatoms. The van der Waals surface area contributed by atoms with Gasteiger partial charge >= 0.3 is 6.18 Å². The smallest absolute Gasteiger partial charge is 0.351 e. The van der Waals surface area contributed by atoms with E-state index in [0.29, 0.717) is 6.54 Å². The number of anilines is 1. The molecule has 0 atom stereocenters. The van der Waals surface area contributed by atoms with Crippen LogP contribution in [0, 0.1) is 0 Å². The van der Waals surface area contributed by atoms with Gasteiger partial charge < -0.3 is 10.2 Å². The Morgan fingerprint density at radius 2 is 1.96 bits per heavy atom. The number of benzene rings is 1. The minimum Gasteiger partial charge on any atom is -0.351 e. The molecule has 0 aliphatic heterocycles. The zero-order chi connectivity index (χ0) is 20.0. The molecule has 0 saturated carbocycles. The topological polar surface area (TPSA) is 74.3 Å². The normalized spacial score (nSPS) is 11.5. The first-order valence-corrected chi connectivity index (χ1v) is 8.92. The SMILES string of the molecule is CN(C)CCCNC(=O)c1csc(NC(=O)c2cccc(C(F)(F)F)c2)n1. The summed E-state index contributed by atoms with van der Waals surface area (Å²) in [6, 6.07) is 4.09. The van der Waals surface area contributed by atoms with E-state index in [1.165, 1.54) is 11.4 Å². The average Bonchev–Trinajstić information content (AvgIpc) is 3.06. The van der Waals surface area contributed by atoms with Gasteiger partial charge in [0.05, 0.1) is 5.56 Å². The number of amides is 2. The summed E-state index contributed by atoms with van der Waals surface area (Å²) in [6.07, 6.45) is -3.75. The number of carbonyl (C=O) groups excluding carboxylic acids is 2. The number of halogens is 3. The van der Waals surface area contributed by atoms with Crippen LogP contribution in [0.4, 0.5) is 18.3 Å². The molecule has 2 N–H and O–H groups in total. The summed E-state index contributed by atoms with van der Waals surface area (Å²) >= 11 is 1.02. The van der Waals surface area contributed by atoms with Crippen molar-refractivity contribution < 1.29 is 22.8 Å². The molecule has 0 bridgehead atoms. The highest BCUT2D eigenvalue weighted by Crippen LogP contribution is 2.29. The highest BCUT2D eigenvalue weighted by Gasteiger charge is 2.31. The Bertz CT molecular complexity index is 805. The molecule has 0 aliphatic rings. The lowest BCUT2D eigenvalue weighted by atomic mass is 10.1. The first-order chi connectivity index (χ1) is 12.7. The largest absolute Gasteiger partial charge is 0.416 e. The molecule has 2 rings (SSSR count). The molecule has 1 heterocycles. The van der Waals surface area contributed by atoms with E-state index >= 15 is 0 Å². The number of aromatic nitrogens is 1. The summed E-state index contributed by atoms with van der Waals surface area (Å²) in [6.45, 7) is 1.32. The molecular weight excluding hydrogens is 381 g/mol. The van der Waals surface area contributed by atoms with Crippen LogP contribution in [0.25, 0.3) is 0 Å². The lowest BCUT2D eigenvalue weighted by Crippen LogP contribution is -2.27. The summed E-state index contributed by atoms with van der Waals surface area (Å²) in [7, 11) is 3.86. The number of rotatable bonds is 7. The second-order valence-corrected chi connectivity index (χ2v) is 6.84. The van der Waals surface area contributed by atoms with Gasteiger partial charge in [0.25, 0.3) is 11.8 Å². The third-order valence-corrected chi connectivity index (χ3v) is 4.23. The molecule has 0 fully saturated rings. The van der Waals surface area contributed by atoms with Crippen LogP contribution in [-0.2, 0) is 6.18 Å². The molecule has 1 aromatic heterocycles. The van der Waals surface area contributed by atoms with Crippen molar-refractivity contribution in [1.82, 2.24) is 15.2 Å². The molecule has 0 radical (unpaired) electrons. The highest BCUT2D eigenvalue weighted by atomic mass is 32.1. The summed E-state index contributed by atoms with van der Waals surface area (Å²) in [5.74, 6) is -1.10. The number of nitrogens with zero attached hydrogens (tertiary/aromatic N) is 2. The molecule has 146 valence electrons. The van der Waals surface area contributed by atoms with Crippen LogP contribution in [-0.4, -0.2) is 48.9 Å². The first kappa shape index (κ1) is 20.8. The Labute approximate surface area is 158 Å². The van der Waals surface area contributed by atoms with Crippen LogP contribution < -0.4 is 10.6 Å². The van der Waals surface area contributed by atoms with Crippen molar-refractivity contribution in [1.29, 1.82) is 0 Å². The van der Waals surface area contributed by atoms with Gasteiger partial charge in [0, 0.05) is 17.5 Å². The van der Waals surface area contributed by atoms with Gasteiger partial charge in [-0.3, -0.25) is 14.9 Å². The van der Waals surface area contributed by atoms with E-state index in [9.17, 15) is 22.8 Å². The maximum absolute atomic E-state index is 12.7. The van der Waals surface area contributed by atoms with E-state index in [0.717, 1.165) is 42.5 Å².